The molecule has 0 aliphatic heterocycles. The number of thioether (sulfide) groups is 1. The highest BCUT2D eigenvalue weighted by molar-refractivity contribution is 7.98. The third kappa shape index (κ3) is 4.17. The average Bonchev–Trinajstić information content (AvgIpc) is 2.42. The van der Waals surface area contributed by atoms with E-state index in [1.807, 2.05) is 31.6 Å². The van der Waals surface area contributed by atoms with Gasteiger partial charge >= 0.3 is 0 Å². The maximum absolute atomic E-state index is 11.6. The first kappa shape index (κ1) is 17.4. The van der Waals surface area contributed by atoms with Crippen LogP contribution in [0.1, 0.15) is 24.4 Å². The molecular formula is C16H23NO3S. The summed E-state index contributed by atoms with van der Waals surface area (Å²) >= 11 is 1.58. The molecule has 1 aromatic heterocycles. The quantitative estimate of drug-likeness (QED) is 0.440. The van der Waals surface area contributed by atoms with Crippen LogP contribution in [0.25, 0.3) is 0 Å². The Kier molecular flexibility index (Phi) is 6.62. The van der Waals surface area contributed by atoms with Crippen LogP contribution >= 0.6 is 11.8 Å². The minimum Gasteiger partial charge on any atom is -0.495 e. The topological polar surface area (TPSA) is 40.5 Å². The Morgan fingerprint density at radius 1 is 1.43 bits per heavy atom. The predicted molar refractivity (Wildman–Crippen MR) is 88.6 cm³/mol. The second-order valence-corrected chi connectivity index (χ2v) is 5.52. The monoisotopic (exact) mass is 309 g/mol. The number of pyridine rings is 1. The van der Waals surface area contributed by atoms with Gasteiger partial charge < -0.3 is 14.0 Å². The lowest BCUT2D eigenvalue weighted by Crippen LogP contribution is -2.20. The van der Waals surface area contributed by atoms with Gasteiger partial charge in [0, 0.05) is 23.5 Å². The molecular weight excluding hydrogens is 286 g/mol. The maximum Gasteiger partial charge on any atom is 0.182 e. The van der Waals surface area contributed by atoms with E-state index >= 15 is 0 Å². The fraction of sp³-hybridized carbons (Fsp3) is 0.438. The molecule has 0 bridgehead atoms. The number of rotatable bonds is 7. The van der Waals surface area contributed by atoms with Crippen LogP contribution in [-0.2, 0) is 9.47 Å². The molecule has 0 radical (unpaired) electrons. The van der Waals surface area contributed by atoms with Gasteiger partial charge in [0.05, 0.1) is 13.2 Å². The molecule has 0 unspecified atom stereocenters. The fourth-order valence-corrected chi connectivity index (χ4v) is 2.67. The van der Waals surface area contributed by atoms with Gasteiger partial charge in [-0.3, -0.25) is 4.79 Å². The summed E-state index contributed by atoms with van der Waals surface area (Å²) in [6, 6.07) is 3.14. The molecule has 1 rings (SSSR count). The minimum atomic E-state index is -0.0922. The second kappa shape index (κ2) is 7.98. The third-order valence-electron chi connectivity index (χ3n) is 3.21. The van der Waals surface area contributed by atoms with Crippen molar-refractivity contribution in [2.45, 2.75) is 26.8 Å². The first-order valence-electron chi connectivity index (χ1n) is 6.68. The van der Waals surface area contributed by atoms with Crippen molar-refractivity contribution in [3.63, 3.8) is 0 Å². The summed E-state index contributed by atoms with van der Waals surface area (Å²) in [5, 5.41) is 0. The van der Waals surface area contributed by atoms with Crippen LogP contribution in [0.3, 0.4) is 0 Å². The van der Waals surface area contributed by atoms with E-state index < -0.39 is 0 Å². The van der Waals surface area contributed by atoms with E-state index in [2.05, 4.69) is 6.58 Å². The van der Waals surface area contributed by atoms with Gasteiger partial charge in [0.2, 0.25) is 0 Å². The summed E-state index contributed by atoms with van der Waals surface area (Å²) in [7, 11) is 1.62. The lowest BCUT2D eigenvalue weighted by atomic mass is 10.1. The van der Waals surface area contributed by atoms with Crippen molar-refractivity contribution in [1.29, 1.82) is 0 Å². The summed E-state index contributed by atoms with van der Waals surface area (Å²) in [4.78, 5) is 11.6. The Bertz CT molecular complexity index is 563. The van der Waals surface area contributed by atoms with Crippen molar-refractivity contribution in [3.05, 3.63) is 57.9 Å². The molecule has 0 aliphatic rings. The van der Waals surface area contributed by atoms with E-state index in [0.717, 1.165) is 11.4 Å². The van der Waals surface area contributed by atoms with Gasteiger partial charge in [0.1, 0.15) is 5.94 Å². The predicted octanol–water partition coefficient (Wildman–Crippen LogP) is 3.41. The molecule has 1 atom stereocenters. The number of nitrogens with zero attached hydrogens (tertiary/aromatic N) is 1. The van der Waals surface area contributed by atoms with E-state index in [1.54, 1.807) is 37.1 Å². The molecule has 5 heteroatoms. The molecule has 1 heterocycles. The van der Waals surface area contributed by atoms with Crippen LogP contribution in [0.15, 0.2) is 41.1 Å². The van der Waals surface area contributed by atoms with Crippen molar-refractivity contribution in [2.75, 3.05) is 19.3 Å². The first-order valence-corrected chi connectivity index (χ1v) is 8.07. The zero-order chi connectivity index (χ0) is 16.0. The first-order chi connectivity index (χ1) is 9.96. The van der Waals surface area contributed by atoms with Crippen molar-refractivity contribution in [2.24, 2.45) is 0 Å². The van der Waals surface area contributed by atoms with Crippen LogP contribution in [0.4, 0.5) is 0 Å². The van der Waals surface area contributed by atoms with E-state index in [9.17, 15) is 4.79 Å². The molecule has 0 fully saturated rings. The smallest absolute Gasteiger partial charge is 0.182 e. The Balaban J connectivity index is 3.31. The summed E-state index contributed by atoms with van der Waals surface area (Å²) in [5.41, 5.74) is 1.78. The van der Waals surface area contributed by atoms with Crippen LogP contribution in [-0.4, -0.2) is 23.9 Å². The number of hydrogen-bond donors (Lipinski definition) is 0. The van der Waals surface area contributed by atoms with Gasteiger partial charge in [-0.25, -0.2) is 0 Å². The minimum absolute atomic E-state index is 0.0129. The number of ether oxygens (including phenoxy) is 2. The standard InChI is InChI=1S/C16H23NO3S/c1-7-15(20-10-21-6)16(19-5)13(4)17-11(2)8-14(18)9-12(17)3/h7-9,13H,1,10H2,2-6H3/b16-15-/t13-/m0/s1. The summed E-state index contributed by atoms with van der Waals surface area (Å²) in [6.45, 7) is 9.62. The van der Waals surface area contributed by atoms with E-state index in [-0.39, 0.29) is 11.5 Å². The molecule has 1 aromatic rings. The fourth-order valence-electron chi connectivity index (χ4n) is 2.43. The summed E-state index contributed by atoms with van der Waals surface area (Å²) < 4.78 is 13.2. The van der Waals surface area contributed by atoms with Crippen molar-refractivity contribution >= 4 is 11.8 Å². The Hall–Kier alpha value is -1.62. The zero-order valence-electron chi connectivity index (χ0n) is 13.3. The SMILES string of the molecule is C=C/C(OCSC)=C(/OC)[C@H](C)n1c(C)cc(=O)cc1C. The molecule has 0 N–H and O–H groups in total. The molecule has 4 nitrogen and oxygen atoms in total. The highest BCUT2D eigenvalue weighted by Crippen LogP contribution is 2.25. The molecule has 0 saturated heterocycles. The summed E-state index contributed by atoms with van der Waals surface area (Å²) in [5.74, 6) is 1.84. The van der Waals surface area contributed by atoms with Crippen molar-refractivity contribution in [3.8, 4) is 0 Å². The van der Waals surface area contributed by atoms with E-state index in [4.69, 9.17) is 9.47 Å². The third-order valence-corrected chi connectivity index (χ3v) is 3.56. The highest BCUT2D eigenvalue weighted by Gasteiger charge is 2.19. The van der Waals surface area contributed by atoms with Gasteiger partial charge in [-0.15, -0.1) is 11.8 Å². The zero-order valence-corrected chi connectivity index (χ0v) is 14.1. The Morgan fingerprint density at radius 2 is 2.00 bits per heavy atom. The Labute approximate surface area is 130 Å². The summed E-state index contributed by atoms with van der Waals surface area (Å²) in [6.07, 6.45) is 3.62. The van der Waals surface area contributed by atoms with Gasteiger partial charge in [-0.2, -0.15) is 0 Å². The van der Waals surface area contributed by atoms with Crippen LogP contribution in [0, 0.1) is 13.8 Å². The number of hydrogen-bond acceptors (Lipinski definition) is 4. The van der Waals surface area contributed by atoms with Gasteiger partial charge in [0.25, 0.3) is 0 Å². The molecule has 0 aromatic carbocycles. The largest absolute Gasteiger partial charge is 0.495 e. The normalized spacial score (nSPS) is 13.4. The van der Waals surface area contributed by atoms with Crippen LogP contribution in [0.2, 0.25) is 0 Å². The van der Waals surface area contributed by atoms with Gasteiger partial charge in [0.15, 0.2) is 16.9 Å². The molecule has 0 spiro atoms. The number of allylic oxidation sites excluding steroid dienone is 2. The van der Waals surface area contributed by atoms with Gasteiger partial charge in [-0.05, 0) is 33.1 Å². The lowest BCUT2D eigenvalue weighted by molar-refractivity contribution is 0.194. The average molecular weight is 309 g/mol. The number of aryl methyl sites for hydroxylation is 2. The molecule has 0 amide bonds. The van der Waals surface area contributed by atoms with Crippen molar-refractivity contribution < 1.29 is 9.47 Å². The highest BCUT2D eigenvalue weighted by atomic mass is 32.2. The number of aromatic nitrogens is 1. The molecule has 0 saturated carbocycles. The molecule has 0 aliphatic carbocycles. The van der Waals surface area contributed by atoms with Crippen LogP contribution in [0.5, 0.6) is 0 Å². The number of methoxy groups -OCH3 is 1. The van der Waals surface area contributed by atoms with Crippen molar-refractivity contribution in [1.82, 2.24) is 4.57 Å². The second-order valence-electron chi connectivity index (χ2n) is 4.71. The van der Waals surface area contributed by atoms with Crippen LogP contribution < -0.4 is 5.43 Å². The van der Waals surface area contributed by atoms with Gasteiger partial charge in [-0.1, -0.05) is 6.58 Å². The lowest BCUT2D eigenvalue weighted by Gasteiger charge is -2.24. The molecule has 21 heavy (non-hydrogen) atoms. The van der Waals surface area contributed by atoms with E-state index in [1.165, 1.54) is 0 Å². The maximum atomic E-state index is 11.6. The molecule has 116 valence electrons. The Morgan fingerprint density at radius 3 is 2.43 bits per heavy atom. The van der Waals surface area contributed by atoms with E-state index in [0.29, 0.717) is 17.5 Å².